The van der Waals surface area contributed by atoms with E-state index in [2.05, 4.69) is 39.3 Å². The maximum Gasteiger partial charge on any atom is 0.269 e. The van der Waals surface area contributed by atoms with Crippen LogP contribution in [0.4, 0.5) is 0 Å². The van der Waals surface area contributed by atoms with Crippen LogP contribution in [0.15, 0.2) is 46.9 Å². The smallest absolute Gasteiger partial charge is 0.269 e. The van der Waals surface area contributed by atoms with Gasteiger partial charge in [0.1, 0.15) is 5.75 Å². The molecule has 0 saturated heterocycles. The van der Waals surface area contributed by atoms with Crippen LogP contribution in [0, 0.1) is 0 Å². The van der Waals surface area contributed by atoms with E-state index in [1.807, 2.05) is 48.7 Å². The molecule has 0 aliphatic heterocycles. The Hall–Kier alpha value is -1.71. The molecule has 2 aromatic rings. The second-order valence-electron chi connectivity index (χ2n) is 8.16. The van der Waals surface area contributed by atoms with Gasteiger partial charge in [-0.2, -0.15) is 5.10 Å². The Morgan fingerprint density at radius 1 is 1.04 bits per heavy atom. The quantitative estimate of drug-likeness (QED) is 0.354. The number of hydrogen-bond acceptors (Lipinski definition) is 4. The van der Waals surface area contributed by atoms with Gasteiger partial charge < -0.3 is 4.43 Å². The molecule has 0 spiro atoms. The molecule has 7 heteroatoms. The zero-order valence-corrected chi connectivity index (χ0v) is 19.5. The van der Waals surface area contributed by atoms with Crippen molar-refractivity contribution in [2.24, 2.45) is 5.10 Å². The molecule has 0 bridgehead atoms. The average molecular weight is 405 g/mol. The number of benzene rings is 1. The molecule has 0 saturated carbocycles. The average Bonchev–Trinajstić information content (AvgIpc) is 3.04. The standard InChI is InChI=1S/C19H28N2O2SSi2/c1-15(18-13-10-14-24-18)20-21(25(2,3)4)19(22)16-11-8-9-12-17(16)23-26(5,6)7/h8-14H,1-7H3/b20-15+. The normalized spacial score (nSPS) is 12.8. The topological polar surface area (TPSA) is 41.9 Å². The molecule has 26 heavy (non-hydrogen) atoms. The van der Waals surface area contributed by atoms with Crippen molar-refractivity contribution < 1.29 is 9.22 Å². The zero-order valence-electron chi connectivity index (χ0n) is 16.7. The lowest BCUT2D eigenvalue weighted by molar-refractivity contribution is 0.0852. The van der Waals surface area contributed by atoms with E-state index in [0.29, 0.717) is 11.3 Å². The number of rotatable bonds is 6. The number of carbonyl (C=O) groups excluding carboxylic acids is 1. The van der Waals surface area contributed by atoms with Crippen LogP contribution in [-0.2, 0) is 0 Å². The summed E-state index contributed by atoms with van der Waals surface area (Å²) >= 11 is 1.63. The van der Waals surface area contributed by atoms with E-state index in [-0.39, 0.29) is 5.91 Å². The molecule has 0 atom stereocenters. The Balaban J connectivity index is 2.45. The summed E-state index contributed by atoms with van der Waals surface area (Å²) in [6, 6.07) is 11.5. The molecule has 1 heterocycles. The van der Waals surface area contributed by atoms with Crippen LogP contribution >= 0.6 is 11.3 Å². The van der Waals surface area contributed by atoms with Gasteiger partial charge in [0.2, 0.25) is 8.32 Å². The van der Waals surface area contributed by atoms with Gasteiger partial charge in [0, 0.05) is 4.88 Å². The lowest BCUT2D eigenvalue weighted by Crippen LogP contribution is -2.47. The molecule has 140 valence electrons. The van der Waals surface area contributed by atoms with Crippen LogP contribution in [0.25, 0.3) is 0 Å². The molecular weight excluding hydrogens is 376 g/mol. The maximum atomic E-state index is 13.4. The minimum Gasteiger partial charge on any atom is -0.544 e. The Bertz CT molecular complexity index is 791. The molecule has 0 aliphatic rings. The van der Waals surface area contributed by atoms with E-state index >= 15 is 0 Å². The predicted octanol–water partition coefficient (Wildman–Crippen LogP) is 5.66. The Kier molecular flexibility index (Phi) is 6.26. The summed E-state index contributed by atoms with van der Waals surface area (Å²) in [7, 11) is -3.86. The number of hydrogen-bond donors (Lipinski definition) is 0. The fourth-order valence-corrected chi connectivity index (χ4v) is 5.05. The summed E-state index contributed by atoms with van der Waals surface area (Å²) in [6.45, 7) is 14.7. The molecule has 0 unspecified atom stereocenters. The number of para-hydroxylation sites is 1. The highest BCUT2D eigenvalue weighted by Crippen LogP contribution is 2.26. The van der Waals surface area contributed by atoms with E-state index in [1.54, 1.807) is 16.0 Å². The Labute approximate surface area is 162 Å². The fourth-order valence-electron chi connectivity index (χ4n) is 2.36. The van der Waals surface area contributed by atoms with Crippen LogP contribution < -0.4 is 4.43 Å². The van der Waals surface area contributed by atoms with E-state index in [1.165, 1.54) is 0 Å². The molecule has 4 nitrogen and oxygen atoms in total. The van der Waals surface area contributed by atoms with Gasteiger partial charge in [-0.1, -0.05) is 18.2 Å². The summed E-state index contributed by atoms with van der Waals surface area (Å²) < 4.78 is 7.86. The number of carbonyl (C=O) groups is 1. The van der Waals surface area contributed by atoms with E-state index in [0.717, 1.165) is 10.6 Å². The van der Waals surface area contributed by atoms with Crippen molar-refractivity contribution in [3.05, 3.63) is 52.2 Å². The van der Waals surface area contributed by atoms with Gasteiger partial charge in [-0.05, 0) is 69.8 Å². The highest BCUT2D eigenvalue weighted by Gasteiger charge is 2.32. The van der Waals surface area contributed by atoms with E-state index < -0.39 is 16.6 Å². The van der Waals surface area contributed by atoms with Gasteiger partial charge >= 0.3 is 0 Å². The number of nitrogens with zero attached hydrogens (tertiary/aromatic N) is 2. The summed E-state index contributed by atoms with van der Waals surface area (Å²) in [6.07, 6.45) is 0. The van der Waals surface area contributed by atoms with Gasteiger partial charge in [0.15, 0.2) is 8.24 Å². The third-order valence-corrected chi connectivity index (χ3v) is 6.87. The van der Waals surface area contributed by atoms with Crippen molar-refractivity contribution >= 4 is 39.5 Å². The van der Waals surface area contributed by atoms with Crippen molar-refractivity contribution in [2.75, 3.05) is 0 Å². The lowest BCUT2D eigenvalue weighted by atomic mass is 10.2. The van der Waals surface area contributed by atoms with Crippen molar-refractivity contribution in [3.63, 3.8) is 0 Å². The minimum atomic E-state index is -2.03. The Morgan fingerprint density at radius 2 is 1.69 bits per heavy atom. The van der Waals surface area contributed by atoms with E-state index in [9.17, 15) is 4.79 Å². The SMILES string of the molecule is C/C(=N\N(C(=O)c1ccccc1O[Si](C)(C)C)[Si](C)(C)C)c1cccs1. The summed E-state index contributed by atoms with van der Waals surface area (Å²) in [5, 5.41) is 6.75. The maximum absolute atomic E-state index is 13.4. The molecule has 1 aromatic carbocycles. The van der Waals surface area contributed by atoms with Gasteiger partial charge in [-0.25, -0.2) is 0 Å². The summed E-state index contributed by atoms with van der Waals surface area (Å²) in [4.78, 5) is 14.5. The van der Waals surface area contributed by atoms with Crippen LogP contribution in [0.3, 0.4) is 0 Å². The summed E-state index contributed by atoms with van der Waals surface area (Å²) in [5.74, 6) is 0.567. The third kappa shape index (κ3) is 5.39. The highest BCUT2D eigenvalue weighted by molar-refractivity contribution is 7.12. The van der Waals surface area contributed by atoms with Crippen LogP contribution in [0.2, 0.25) is 39.3 Å². The first-order valence-corrected chi connectivity index (χ1v) is 16.4. The van der Waals surface area contributed by atoms with Gasteiger partial charge in [-0.15, -0.1) is 11.3 Å². The third-order valence-electron chi connectivity index (χ3n) is 3.49. The monoisotopic (exact) mass is 404 g/mol. The predicted molar refractivity (Wildman–Crippen MR) is 116 cm³/mol. The second-order valence-corrected chi connectivity index (χ2v) is 18.3. The molecular formula is C19H28N2O2SSi2. The molecule has 2 rings (SSSR count). The Morgan fingerprint density at radius 3 is 2.23 bits per heavy atom. The zero-order chi connectivity index (χ0) is 19.5. The molecule has 1 aromatic heterocycles. The fraction of sp³-hybridized carbons (Fsp3) is 0.368. The van der Waals surface area contributed by atoms with Crippen molar-refractivity contribution in [2.45, 2.75) is 46.2 Å². The number of amides is 1. The van der Waals surface area contributed by atoms with Gasteiger partial charge in [-0.3, -0.25) is 9.47 Å². The molecule has 0 N–H and O–H groups in total. The second kappa shape index (κ2) is 7.89. The van der Waals surface area contributed by atoms with Gasteiger partial charge in [0.25, 0.3) is 5.91 Å². The molecule has 0 aliphatic carbocycles. The highest BCUT2D eigenvalue weighted by atomic mass is 32.1. The largest absolute Gasteiger partial charge is 0.544 e. The molecule has 0 fully saturated rings. The first-order chi connectivity index (χ1) is 12.0. The molecule has 0 radical (unpaired) electrons. The first kappa shape index (κ1) is 20.6. The summed E-state index contributed by atoms with van der Waals surface area (Å²) in [5.41, 5.74) is 1.44. The van der Waals surface area contributed by atoms with Crippen molar-refractivity contribution in [3.8, 4) is 5.75 Å². The van der Waals surface area contributed by atoms with Crippen molar-refractivity contribution in [1.82, 2.24) is 4.67 Å². The minimum absolute atomic E-state index is 0.0890. The number of hydrazone groups is 1. The first-order valence-electron chi connectivity index (χ1n) is 8.71. The van der Waals surface area contributed by atoms with E-state index in [4.69, 9.17) is 9.53 Å². The molecule has 1 amide bonds. The van der Waals surface area contributed by atoms with Crippen LogP contribution in [0.1, 0.15) is 22.2 Å². The number of thiophene rings is 1. The van der Waals surface area contributed by atoms with Crippen LogP contribution in [0.5, 0.6) is 5.75 Å². The van der Waals surface area contributed by atoms with Gasteiger partial charge in [0.05, 0.1) is 11.3 Å². The van der Waals surface area contributed by atoms with Crippen LogP contribution in [-0.4, -0.2) is 32.8 Å². The van der Waals surface area contributed by atoms with Crippen molar-refractivity contribution in [1.29, 1.82) is 0 Å². The lowest BCUT2D eigenvalue weighted by Gasteiger charge is -2.31.